The van der Waals surface area contributed by atoms with Crippen molar-refractivity contribution in [1.29, 1.82) is 5.26 Å². The van der Waals surface area contributed by atoms with Crippen LogP contribution in [0.2, 0.25) is 5.02 Å². The number of carbonyl (C=O) groups is 1. The van der Waals surface area contributed by atoms with E-state index in [0.717, 1.165) is 0 Å². The predicted octanol–water partition coefficient (Wildman–Crippen LogP) is 4.98. The van der Waals surface area contributed by atoms with E-state index in [2.05, 4.69) is 6.07 Å². The van der Waals surface area contributed by atoms with Gasteiger partial charge in [-0.1, -0.05) is 25.4 Å². The van der Waals surface area contributed by atoms with Gasteiger partial charge < -0.3 is 9.47 Å². The molecular formula is C23H27ClN2O4. The average Bonchev–Trinajstić information content (AvgIpc) is 2.64. The van der Waals surface area contributed by atoms with Gasteiger partial charge >= 0.3 is 5.97 Å². The molecule has 30 heavy (non-hydrogen) atoms. The maximum atomic E-state index is 13.0. The zero-order chi connectivity index (χ0) is 22.6. The van der Waals surface area contributed by atoms with E-state index in [0.29, 0.717) is 33.9 Å². The summed E-state index contributed by atoms with van der Waals surface area (Å²) in [6.45, 7) is 9.30. The lowest BCUT2D eigenvalue weighted by Crippen LogP contribution is -2.35. The molecule has 1 aromatic heterocycles. The largest absolute Gasteiger partial charge is 0.495 e. The Kier molecular flexibility index (Phi) is 7.33. The quantitative estimate of drug-likeness (QED) is 0.604. The number of hydrogen-bond acceptors (Lipinski definition) is 5. The molecule has 0 spiro atoms. The molecule has 0 radical (unpaired) electrons. The first-order valence-electron chi connectivity index (χ1n) is 9.70. The second-order valence-electron chi connectivity index (χ2n) is 8.48. The zero-order valence-corrected chi connectivity index (χ0v) is 18.9. The van der Waals surface area contributed by atoms with E-state index < -0.39 is 23.2 Å². The van der Waals surface area contributed by atoms with Gasteiger partial charge in [-0.3, -0.25) is 9.36 Å². The SMILES string of the molecule is COc1cn(C(CC(C)C)C(=O)OC(C)(C)C)c(=O)cc1-c1cc(Cl)ccc1C#N. The van der Waals surface area contributed by atoms with Gasteiger partial charge in [0.05, 0.1) is 24.9 Å². The first kappa shape index (κ1) is 23.5. The highest BCUT2D eigenvalue weighted by Gasteiger charge is 2.29. The number of hydrogen-bond donors (Lipinski definition) is 0. The van der Waals surface area contributed by atoms with E-state index in [1.807, 2.05) is 13.8 Å². The van der Waals surface area contributed by atoms with Crippen LogP contribution in [0.4, 0.5) is 0 Å². The minimum Gasteiger partial charge on any atom is -0.495 e. The van der Waals surface area contributed by atoms with Crippen molar-refractivity contribution >= 4 is 17.6 Å². The molecule has 160 valence electrons. The fourth-order valence-corrected chi connectivity index (χ4v) is 3.29. The molecule has 1 atom stereocenters. The maximum Gasteiger partial charge on any atom is 0.329 e. The molecular weight excluding hydrogens is 404 g/mol. The zero-order valence-electron chi connectivity index (χ0n) is 18.2. The highest BCUT2D eigenvalue weighted by Crippen LogP contribution is 2.34. The van der Waals surface area contributed by atoms with Crippen molar-refractivity contribution < 1.29 is 14.3 Å². The number of nitriles is 1. The summed E-state index contributed by atoms with van der Waals surface area (Å²) in [7, 11) is 1.47. The second-order valence-corrected chi connectivity index (χ2v) is 8.92. The molecule has 7 heteroatoms. The number of nitrogens with zero attached hydrogens (tertiary/aromatic N) is 2. The molecule has 2 rings (SSSR count). The summed E-state index contributed by atoms with van der Waals surface area (Å²) < 4.78 is 12.4. The summed E-state index contributed by atoms with van der Waals surface area (Å²) >= 11 is 6.11. The number of halogens is 1. The summed E-state index contributed by atoms with van der Waals surface area (Å²) in [5.74, 6) is 0.0254. The molecule has 0 aliphatic carbocycles. The lowest BCUT2D eigenvalue weighted by molar-refractivity contribution is -0.159. The molecule has 2 aromatic rings. The molecule has 0 saturated heterocycles. The Balaban J connectivity index is 2.65. The van der Waals surface area contributed by atoms with Crippen LogP contribution in [0.5, 0.6) is 5.75 Å². The van der Waals surface area contributed by atoms with Gasteiger partial charge in [-0.05, 0) is 51.3 Å². The fourth-order valence-electron chi connectivity index (χ4n) is 3.12. The van der Waals surface area contributed by atoms with Crippen LogP contribution in [0.15, 0.2) is 35.3 Å². The third-order valence-electron chi connectivity index (χ3n) is 4.37. The number of rotatable bonds is 6. The number of aromatic nitrogens is 1. The molecule has 0 fully saturated rings. The number of carbonyl (C=O) groups excluding carboxylic acids is 1. The van der Waals surface area contributed by atoms with Gasteiger partial charge in [0.25, 0.3) is 5.56 Å². The normalized spacial score (nSPS) is 12.4. The second kappa shape index (κ2) is 9.36. The molecule has 1 aromatic carbocycles. The Labute approximate surface area is 182 Å². The number of esters is 1. The minimum absolute atomic E-state index is 0.151. The summed E-state index contributed by atoms with van der Waals surface area (Å²) in [5, 5.41) is 9.88. The van der Waals surface area contributed by atoms with Crippen LogP contribution < -0.4 is 10.3 Å². The molecule has 1 unspecified atom stereocenters. The van der Waals surface area contributed by atoms with Gasteiger partial charge in [-0.15, -0.1) is 0 Å². The van der Waals surface area contributed by atoms with Crippen LogP contribution in [0.3, 0.4) is 0 Å². The van der Waals surface area contributed by atoms with Gasteiger partial charge in [-0.25, -0.2) is 4.79 Å². The van der Waals surface area contributed by atoms with Gasteiger partial charge in [0, 0.05) is 22.2 Å². The number of benzene rings is 1. The van der Waals surface area contributed by atoms with Crippen molar-refractivity contribution in [1.82, 2.24) is 4.57 Å². The van der Waals surface area contributed by atoms with Gasteiger partial charge in [-0.2, -0.15) is 5.26 Å². The van der Waals surface area contributed by atoms with E-state index in [1.165, 1.54) is 23.9 Å². The van der Waals surface area contributed by atoms with E-state index in [1.54, 1.807) is 39.0 Å². The maximum absolute atomic E-state index is 13.0. The highest BCUT2D eigenvalue weighted by molar-refractivity contribution is 6.31. The Bertz CT molecular complexity index is 1030. The minimum atomic E-state index is -0.797. The summed E-state index contributed by atoms with van der Waals surface area (Å²) in [4.78, 5) is 25.9. The van der Waals surface area contributed by atoms with Crippen molar-refractivity contribution in [3.05, 3.63) is 51.4 Å². The predicted molar refractivity (Wildman–Crippen MR) is 117 cm³/mol. The van der Waals surface area contributed by atoms with Crippen molar-refractivity contribution in [3.8, 4) is 22.9 Å². The summed E-state index contributed by atoms with van der Waals surface area (Å²) in [6, 6.07) is 7.48. The van der Waals surface area contributed by atoms with Crippen molar-refractivity contribution in [2.75, 3.05) is 7.11 Å². The summed E-state index contributed by atoms with van der Waals surface area (Å²) in [5.41, 5.74) is 0.212. The van der Waals surface area contributed by atoms with E-state index in [-0.39, 0.29) is 5.92 Å². The van der Waals surface area contributed by atoms with E-state index in [4.69, 9.17) is 21.1 Å². The Morgan fingerprint density at radius 1 is 1.23 bits per heavy atom. The topological polar surface area (TPSA) is 81.3 Å². The van der Waals surface area contributed by atoms with Crippen molar-refractivity contribution in [2.45, 2.75) is 52.7 Å². The van der Waals surface area contributed by atoms with Gasteiger partial charge in [0.15, 0.2) is 0 Å². The molecule has 0 N–H and O–H groups in total. The standard InChI is InChI=1S/C23H27ClN2O4/c1-14(2)9-19(22(28)30-23(3,4)5)26-13-20(29-6)18(11-21(26)27)17-10-16(24)8-7-15(17)12-25/h7-8,10-11,13-14,19H,9H2,1-6H3. The Hall–Kier alpha value is -2.78. The Morgan fingerprint density at radius 2 is 1.90 bits per heavy atom. The van der Waals surface area contributed by atoms with Crippen LogP contribution >= 0.6 is 11.6 Å². The van der Waals surface area contributed by atoms with Gasteiger partial charge in [0.2, 0.25) is 0 Å². The highest BCUT2D eigenvalue weighted by atomic mass is 35.5. The van der Waals surface area contributed by atoms with E-state index in [9.17, 15) is 14.9 Å². The third kappa shape index (κ3) is 5.64. The Morgan fingerprint density at radius 3 is 2.43 bits per heavy atom. The first-order chi connectivity index (χ1) is 14.0. The molecule has 0 saturated carbocycles. The molecule has 1 heterocycles. The average molecular weight is 431 g/mol. The lowest BCUT2D eigenvalue weighted by atomic mass is 9.99. The lowest BCUT2D eigenvalue weighted by Gasteiger charge is -2.26. The number of ether oxygens (including phenoxy) is 2. The smallest absolute Gasteiger partial charge is 0.329 e. The van der Waals surface area contributed by atoms with Crippen LogP contribution in [0.25, 0.3) is 11.1 Å². The molecule has 0 aliphatic rings. The van der Waals surface area contributed by atoms with E-state index >= 15 is 0 Å². The number of pyridine rings is 1. The van der Waals surface area contributed by atoms with Crippen LogP contribution in [-0.4, -0.2) is 23.2 Å². The number of methoxy groups -OCH3 is 1. The summed E-state index contributed by atoms with van der Waals surface area (Å²) in [6.07, 6.45) is 1.93. The van der Waals surface area contributed by atoms with Crippen LogP contribution in [0.1, 0.15) is 52.6 Å². The first-order valence-corrected chi connectivity index (χ1v) is 10.1. The molecule has 0 bridgehead atoms. The van der Waals surface area contributed by atoms with Crippen molar-refractivity contribution in [3.63, 3.8) is 0 Å². The van der Waals surface area contributed by atoms with Crippen LogP contribution in [-0.2, 0) is 9.53 Å². The molecule has 6 nitrogen and oxygen atoms in total. The third-order valence-corrected chi connectivity index (χ3v) is 4.60. The van der Waals surface area contributed by atoms with Gasteiger partial charge in [0.1, 0.15) is 17.4 Å². The fraction of sp³-hybridized carbons (Fsp3) is 0.435. The van der Waals surface area contributed by atoms with Crippen molar-refractivity contribution in [2.24, 2.45) is 5.92 Å². The van der Waals surface area contributed by atoms with Crippen LogP contribution in [0, 0.1) is 17.2 Å². The monoisotopic (exact) mass is 430 g/mol. The molecule has 0 amide bonds. The molecule has 0 aliphatic heterocycles.